The van der Waals surface area contributed by atoms with E-state index in [-0.39, 0.29) is 11.9 Å². The predicted octanol–water partition coefficient (Wildman–Crippen LogP) is 4.53. The molecule has 4 rings (SSSR count). The van der Waals surface area contributed by atoms with Crippen molar-refractivity contribution >= 4 is 22.6 Å². The van der Waals surface area contributed by atoms with Gasteiger partial charge in [-0.1, -0.05) is 0 Å². The summed E-state index contributed by atoms with van der Waals surface area (Å²) in [7, 11) is 1.67. The molecule has 0 N–H and O–H groups in total. The van der Waals surface area contributed by atoms with E-state index in [2.05, 4.69) is 33.5 Å². The first kappa shape index (κ1) is 23.9. The topological polar surface area (TPSA) is 78.7 Å². The number of carbonyl (C=O) groups excluding carboxylic acids is 1. The second-order valence-corrected chi connectivity index (χ2v) is 8.67. The molecule has 1 unspecified atom stereocenters. The summed E-state index contributed by atoms with van der Waals surface area (Å²) in [5.41, 5.74) is 3.94. The molecule has 1 aliphatic heterocycles. The molecule has 0 amide bonds. The number of esters is 1. The fraction of sp³-hybridized carbons (Fsp3) is 0.500. The van der Waals surface area contributed by atoms with E-state index in [9.17, 15) is 4.79 Å². The molecule has 0 aliphatic carbocycles. The maximum atomic E-state index is 12.4. The smallest absolute Gasteiger partial charge is 0.310 e. The Labute approximate surface area is 200 Å². The lowest BCUT2D eigenvalue weighted by atomic mass is 9.97. The van der Waals surface area contributed by atoms with Gasteiger partial charge in [0.25, 0.3) is 0 Å². The van der Waals surface area contributed by atoms with E-state index in [1.165, 1.54) is 0 Å². The molecule has 3 aromatic rings. The van der Waals surface area contributed by atoms with Gasteiger partial charge in [-0.2, -0.15) is 5.10 Å². The molecule has 0 spiro atoms. The number of nitrogens with zero attached hydrogens (tertiary/aromatic N) is 4. The van der Waals surface area contributed by atoms with Crippen molar-refractivity contribution in [2.45, 2.75) is 47.5 Å². The zero-order chi connectivity index (χ0) is 24.4. The van der Waals surface area contributed by atoms with Gasteiger partial charge >= 0.3 is 5.97 Å². The summed E-state index contributed by atoms with van der Waals surface area (Å²) in [5, 5.41) is 11.3. The van der Waals surface area contributed by atoms with Gasteiger partial charge in [0.1, 0.15) is 11.5 Å². The van der Waals surface area contributed by atoms with Crippen molar-refractivity contribution in [3.8, 4) is 17.2 Å². The van der Waals surface area contributed by atoms with Gasteiger partial charge in [0.15, 0.2) is 5.82 Å². The van der Waals surface area contributed by atoms with Crippen molar-refractivity contribution in [1.29, 1.82) is 0 Å². The van der Waals surface area contributed by atoms with Crippen LogP contribution in [-0.4, -0.2) is 54.1 Å². The fourth-order valence-electron chi connectivity index (χ4n) is 5.08. The van der Waals surface area contributed by atoms with Crippen LogP contribution in [0.1, 0.15) is 43.8 Å². The lowest BCUT2D eigenvalue weighted by molar-refractivity contribution is -0.148. The number of methoxy groups -OCH3 is 1. The summed E-state index contributed by atoms with van der Waals surface area (Å²) in [5.74, 6) is 2.04. The van der Waals surface area contributed by atoms with Crippen LogP contribution in [0, 0.1) is 26.7 Å². The molecule has 1 aromatic carbocycles. The minimum atomic E-state index is -0.151. The third-order valence-electron chi connectivity index (χ3n) is 6.57. The van der Waals surface area contributed by atoms with Crippen LogP contribution < -0.4 is 14.4 Å². The number of rotatable bonds is 7. The average molecular weight is 467 g/mol. The summed E-state index contributed by atoms with van der Waals surface area (Å²) in [6.45, 7) is 12.4. The van der Waals surface area contributed by atoms with Crippen LogP contribution in [0.25, 0.3) is 16.5 Å². The average Bonchev–Trinajstić information content (AvgIpc) is 3.10. The molecule has 1 fully saturated rings. The number of ether oxygens (including phenoxy) is 3. The van der Waals surface area contributed by atoms with E-state index in [0.29, 0.717) is 19.8 Å². The van der Waals surface area contributed by atoms with Gasteiger partial charge in [-0.3, -0.25) is 4.79 Å². The highest BCUT2D eigenvalue weighted by Crippen LogP contribution is 2.39. The summed E-state index contributed by atoms with van der Waals surface area (Å²) in [4.78, 5) is 14.6. The van der Waals surface area contributed by atoms with Crippen LogP contribution in [-0.2, 0) is 9.53 Å². The molecule has 1 saturated heterocycles. The SMILES string of the molecule is CCOC(=O)C1CCCN(c2nnc(C)c3c(C)n(-c4ccc(OCC)cc4OC)c(C)c23)C1. The molecule has 182 valence electrons. The van der Waals surface area contributed by atoms with E-state index < -0.39 is 0 Å². The number of piperidine rings is 1. The molecule has 3 heterocycles. The Morgan fingerprint density at radius 1 is 1.09 bits per heavy atom. The van der Waals surface area contributed by atoms with Crippen molar-refractivity contribution in [1.82, 2.24) is 14.8 Å². The standard InChI is InChI=1S/C26H34N4O4/c1-7-33-20-11-12-21(22(14-20)32-6)30-17(4)23-16(3)27-28-25(24(23)18(30)5)29-13-9-10-19(15-29)26(31)34-8-2/h11-12,14,19H,7-10,13,15H2,1-6H3. The molecule has 2 aromatic heterocycles. The van der Waals surface area contributed by atoms with E-state index in [1.807, 2.05) is 39.0 Å². The minimum Gasteiger partial charge on any atom is -0.494 e. The fourth-order valence-corrected chi connectivity index (χ4v) is 5.08. The number of hydrogen-bond donors (Lipinski definition) is 0. The third-order valence-corrected chi connectivity index (χ3v) is 6.57. The highest BCUT2D eigenvalue weighted by Gasteiger charge is 2.30. The number of benzene rings is 1. The first-order valence-corrected chi connectivity index (χ1v) is 12.0. The highest BCUT2D eigenvalue weighted by molar-refractivity contribution is 5.99. The molecule has 34 heavy (non-hydrogen) atoms. The summed E-state index contributed by atoms with van der Waals surface area (Å²) < 4.78 is 18.9. The summed E-state index contributed by atoms with van der Waals surface area (Å²) in [6.07, 6.45) is 1.74. The van der Waals surface area contributed by atoms with Crippen molar-refractivity contribution in [2.24, 2.45) is 5.92 Å². The van der Waals surface area contributed by atoms with E-state index in [4.69, 9.17) is 14.2 Å². The minimum absolute atomic E-state index is 0.131. The van der Waals surface area contributed by atoms with Crippen LogP contribution in [0.3, 0.4) is 0 Å². The second kappa shape index (κ2) is 9.91. The Morgan fingerprint density at radius 3 is 2.56 bits per heavy atom. The van der Waals surface area contributed by atoms with E-state index in [0.717, 1.165) is 70.2 Å². The Kier molecular flexibility index (Phi) is 6.95. The summed E-state index contributed by atoms with van der Waals surface area (Å²) >= 11 is 0. The first-order valence-electron chi connectivity index (χ1n) is 12.0. The Hall–Kier alpha value is -3.29. The molecule has 8 heteroatoms. The maximum Gasteiger partial charge on any atom is 0.310 e. The van der Waals surface area contributed by atoms with Gasteiger partial charge in [-0.05, 0) is 59.6 Å². The van der Waals surface area contributed by atoms with E-state index in [1.54, 1.807) is 7.11 Å². The monoisotopic (exact) mass is 466 g/mol. The van der Waals surface area contributed by atoms with Gasteiger partial charge in [0.2, 0.25) is 0 Å². The van der Waals surface area contributed by atoms with Gasteiger partial charge in [-0.25, -0.2) is 0 Å². The van der Waals surface area contributed by atoms with Crippen LogP contribution in [0.15, 0.2) is 18.2 Å². The van der Waals surface area contributed by atoms with Gasteiger partial charge < -0.3 is 23.7 Å². The third kappa shape index (κ3) is 4.17. The van der Waals surface area contributed by atoms with Crippen LogP contribution in [0.5, 0.6) is 11.5 Å². The normalized spacial score (nSPS) is 16.1. The molecular formula is C26H34N4O4. The zero-order valence-corrected chi connectivity index (χ0v) is 21.0. The lowest BCUT2D eigenvalue weighted by Crippen LogP contribution is -2.40. The largest absolute Gasteiger partial charge is 0.494 e. The van der Waals surface area contributed by atoms with Gasteiger partial charge in [0.05, 0.1) is 37.6 Å². The number of fused-ring (bicyclic) bond motifs is 1. The highest BCUT2D eigenvalue weighted by atomic mass is 16.5. The molecule has 0 radical (unpaired) electrons. The number of carbonyl (C=O) groups is 1. The number of hydrogen-bond acceptors (Lipinski definition) is 7. The maximum absolute atomic E-state index is 12.4. The molecule has 0 saturated carbocycles. The van der Waals surface area contributed by atoms with Crippen LogP contribution >= 0.6 is 0 Å². The van der Waals surface area contributed by atoms with Crippen molar-refractivity contribution in [3.05, 3.63) is 35.3 Å². The molecule has 0 bridgehead atoms. The lowest BCUT2D eigenvalue weighted by Gasteiger charge is -2.32. The van der Waals surface area contributed by atoms with Crippen LogP contribution in [0.4, 0.5) is 5.82 Å². The van der Waals surface area contributed by atoms with Gasteiger partial charge in [0, 0.05) is 41.3 Å². The molecule has 1 aliphatic rings. The summed E-state index contributed by atoms with van der Waals surface area (Å²) in [6, 6.07) is 5.90. The second-order valence-electron chi connectivity index (χ2n) is 8.67. The first-order chi connectivity index (χ1) is 16.4. The van der Waals surface area contributed by atoms with E-state index >= 15 is 0 Å². The van der Waals surface area contributed by atoms with Crippen molar-refractivity contribution < 1.29 is 19.0 Å². The number of anilines is 1. The Balaban J connectivity index is 1.84. The Bertz CT molecular complexity index is 1200. The van der Waals surface area contributed by atoms with Crippen LogP contribution in [0.2, 0.25) is 0 Å². The molecule has 8 nitrogen and oxygen atoms in total. The number of aromatic nitrogens is 3. The van der Waals surface area contributed by atoms with Crippen molar-refractivity contribution in [3.63, 3.8) is 0 Å². The molecule has 1 atom stereocenters. The predicted molar refractivity (Wildman–Crippen MR) is 132 cm³/mol. The zero-order valence-electron chi connectivity index (χ0n) is 21.0. The van der Waals surface area contributed by atoms with Gasteiger partial charge in [-0.15, -0.1) is 5.10 Å². The van der Waals surface area contributed by atoms with Crippen molar-refractivity contribution in [2.75, 3.05) is 38.3 Å². The Morgan fingerprint density at radius 2 is 1.85 bits per heavy atom. The molecular weight excluding hydrogens is 432 g/mol. The quantitative estimate of drug-likeness (QED) is 0.473. The number of aryl methyl sites for hydroxylation is 3.